The largest absolute Gasteiger partial charge is 0.307 e. The predicted octanol–water partition coefficient (Wildman–Crippen LogP) is 5.21. The van der Waals surface area contributed by atoms with E-state index in [0.717, 1.165) is 6.07 Å². The summed E-state index contributed by atoms with van der Waals surface area (Å²) >= 11 is 6.34. The minimum Gasteiger partial charge on any atom is -0.307 e. The number of hydrogen-bond donors (Lipinski definition) is 1. The molecular formula is C24H17ClF2N4O2. The fourth-order valence-corrected chi connectivity index (χ4v) is 3.50. The lowest BCUT2D eigenvalue weighted by atomic mass is 9.99. The summed E-state index contributed by atoms with van der Waals surface area (Å²) in [5.74, 6) is -1.55. The van der Waals surface area contributed by atoms with Gasteiger partial charge in [-0.3, -0.25) is 19.3 Å². The van der Waals surface area contributed by atoms with Gasteiger partial charge in [-0.05, 0) is 55.0 Å². The van der Waals surface area contributed by atoms with E-state index in [0.29, 0.717) is 17.1 Å². The molecule has 0 unspecified atom stereocenters. The second-order valence-electron chi connectivity index (χ2n) is 7.31. The maximum Gasteiger partial charge on any atom is 0.256 e. The Hall–Kier alpha value is -3.91. The van der Waals surface area contributed by atoms with Gasteiger partial charge in [-0.2, -0.15) is 5.10 Å². The van der Waals surface area contributed by atoms with Crippen molar-refractivity contribution in [3.63, 3.8) is 0 Å². The monoisotopic (exact) mass is 466 g/mol. The van der Waals surface area contributed by atoms with Gasteiger partial charge in [0.2, 0.25) is 0 Å². The van der Waals surface area contributed by atoms with Crippen molar-refractivity contribution >= 4 is 29.1 Å². The molecule has 0 fully saturated rings. The third kappa shape index (κ3) is 4.51. The van der Waals surface area contributed by atoms with Gasteiger partial charge in [-0.1, -0.05) is 11.6 Å². The number of pyridine rings is 1. The number of carbonyl (C=O) groups excluding carboxylic acids is 2. The number of amides is 1. The summed E-state index contributed by atoms with van der Waals surface area (Å²) in [6, 6.07) is 10.7. The summed E-state index contributed by atoms with van der Waals surface area (Å²) in [5.41, 5.74) is 1.38. The molecule has 33 heavy (non-hydrogen) atoms. The summed E-state index contributed by atoms with van der Waals surface area (Å²) < 4.78 is 29.3. The van der Waals surface area contributed by atoms with Crippen LogP contribution < -0.4 is 5.32 Å². The maximum atomic E-state index is 14.7. The lowest BCUT2D eigenvalue weighted by molar-refractivity contribution is 0.102. The van der Waals surface area contributed by atoms with Gasteiger partial charge in [-0.25, -0.2) is 8.78 Å². The van der Waals surface area contributed by atoms with E-state index in [9.17, 15) is 18.4 Å². The van der Waals surface area contributed by atoms with E-state index in [4.69, 9.17) is 11.6 Å². The molecule has 0 aliphatic carbocycles. The first-order valence-electron chi connectivity index (χ1n) is 9.80. The molecule has 2 aromatic heterocycles. The molecule has 1 N–H and O–H groups in total. The van der Waals surface area contributed by atoms with Crippen molar-refractivity contribution in [3.05, 3.63) is 99.8 Å². The van der Waals surface area contributed by atoms with Crippen LogP contribution in [-0.4, -0.2) is 26.5 Å². The lowest BCUT2D eigenvalue weighted by Gasteiger charge is -2.12. The fourth-order valence-electron chi connectivity index (χ4n) is 3.26. The predicted molar refractivity (Wildman–Crippen MR) is 120 cm³/mol. The SMILES string of the molecule is Cc1c(F)cc(C(=O)Nc2ccnn2C)cc1-c1cc(Cl)c(C(=O)c2ccc(F)cc2)cn1. The first kappa shape index (κ1) is 22.3. The number of nitrogens with one attached hydrogen (secondary N) is 1. The summed E-state index contributed by atoms with van der Waals surface area (Å²) in [4.78, 5) is 29.6. The standard InChI is InChI=1S/C24H17ClF2N4O2/c1-13-17(9-15(10-20(13)27)24(33)30-22-7-8-29-31(22)2)21-11-19(25)18(12-28-21)23(32)14-3-5-16(26)6-4-14/h3-12H,1-2H3,(H,30,33). The van der Waals surface area contributed by atoms with Crippen LogP contribution in [0, 0.1) is 18.6 Å². The number of benzene rings is 2. The zero-order valence-electron chi connectivity index (χ0n) is 17.6. The van der Waals surface area contributed by atoms with Gasteiger partial charge in [-0.15, -0.1) is 0 Å². The van der Waals surface area contributed by atoms with Crippen molar-refractivity contribution in [2.45, 2.75) is 6.92 Å². The number of rotatable bonds is 5. The van der Waals surface area contributed by atoms with E-state index in [1.54, 1.807) is 20.0 Å². The van der Waals surface area contributed by atoms with Crippen LogP contribution in [0.1, 0.15) is 31.8 Å². The Kier molecular flexibility index (Phi) is 6.02. The molecule has 4 rings (SSSR count). The van der Waals surface area contributed by atoms with Crippen LogP contribution in [0.2, 0.25) is 5.02 Å². The van der Waals surface area contributed by atoms with E-state index in [2.05, 4.69) is 15.4 Å². The van der Waals surface area contributed by atoms with Crippen LogP contribution in [0.3, 0.4) is 0 Å². The number of anilines is 1. The molecule has 2 aromatic carbocycles. The Morgan fingerprint density at radius 2 is 1.76 bits per heavy atom. The summed E-state index contributed by atoms with van der Waals surface area (Å²) in [5, 5.41) is 6.74. The Morgan fingerprint density at radius 1 is 1.03 bits per heavy atom. The Bertz CT molecular complexity index is 1380. The number of aromatic nitrogens is 3. The normalized spacial score (nSPS) is 10.8. The Labute approximate surface area is 192 Å². The molecule has 0 spiro atoms. The first-order valence-corrected chi connectivity index (χ1v) is 10.2. The maximum absolute atomic E-state index is 14.7. The molecule has 9 heteroatoms. The number of hydrogen-bond acceptors (Lipinski definition) is 4. The average Bonchev–Trinajstić information content (AvgIpc) is 3.19. The summed E-state index contributed by atoms with van der Waals surface area (Å²) in [6.45, 7) is 1.56. The average molecular weight is 467 g/mol. The lowest BCUT2D eigenvalue weighted by Crippen LogP contribution is -2.15. The van der Waals surface area contributed by atoms with Gasteiger partial charge in [0.1, 0.15) is 17.5 Å². The number of ketones is 1. The van der Waals surface area contributed by atoms with E-state index in [-0.39, 0.29) is 27.3 Å². The topological polar surface area (TPSA) is 76.9 Å². The molecule has 6 nitrogen and oxygen atoms in total. The first-order chi connectivity index (χ1) is 15.7. The fraction of sp³-hybridized carbons (Fsp3) is 0.0833. The molecule has 0 atom stereocenters. The van der Waals surface area contributed by atoms with Gasteiger partial charge >= 0.3 is 0 Å². The van der Waals surface area contributed by atoms with Crippen LogP contribution in [0.5, 0.6) is 0 Å². The van der Waals surface area contributed by atoms with Crippen LogP contribution in [0.15, 0.2) is 60.9 Å². The molecule has 0 saturated heterocycles. The van der Waals surface area contributed by atoms with Gasteiger partial charge in [0.25, 0.3) is 5.91 Å². The summed E-state index contributed by atoms with van der Waals surface area (Å²) in [6.07, 6.45) is 2.81. The van der Waals surface area contributed by atoms with Crippen molar-refractivity contribution in [2.24, 2.45) is 7.05 Å². The second kappa shape index (κ2) is 8.91. The highest BCUT2D eigenvalue weighted by Gasteiger charge is 2.19. The van der Waals surface area contributed by atoms with Crippen molar-refractivity contribution in [1.29, 1.82) is 0 Å². The number of aryl methyl sites for hydroxylation is 1. The second-order valence-corrected chi connectivity index (χ2v) is 7.72. The minimum absolute atomic E-state index is 0.0821. The summed E-state index contributed by atoms with van der Waals surface area (Å²) in [7, 11) is 1.66. The molecule has 0 aliphatic rings. The van der Waals surface area contributed by atoms with Crippen LogP contribution in [-0.2, 0) is 7.05 Å². The molecule has 166 valence electrons. The Balaban J connectivity index is 1.68. The molecule has 4 aromatic rings. The van der Waals surface area contributed by atoms with Gasteiger partial charge in [0.15, 0.2) is 5.78 Å². The minimum atomic E-state index is -0.591. The highest BCUT2D eigenvalue weighted by atomic mass is 35.5. The van der Waals surface area contributed by atoms with Crippen LogP contribution in [0.25, 0.3) is 11.3 Å². The number of halogens is 3. The van der Waals surface area contributed by atoms with E-state index in [1.165, 1.54) is 53.5 Å². The third-order valence-electron chi connectivity index (χ3n) is 5.15. The van der Waals surface area contributed by atoms with Crippen LogP contribution in [0.4, 0.5) is 14.6 Å². The van der Waals surface area contributed by atoms with Gasteiger partial charge < -0.3 is 5.32 Å². The van der Waals surface area contributed by atoms with E-state index in [1.807, 2.05) is 0 Å². The van der Waals surface area contributed by atoms with E-state index >= 15 is 0 Å². The molecule has 2 heterocycles. The molecule has 0 radical (unpaired) electrons. The van der Waals surface area contributed by atoms with Gasteiger partial charge in [0.05, 0.1) is 22.5 Å². The van der Waals surface area contributed by atoms with Gasteiger partial charge in [0, 0.05) is 36.0 Å². The molecular weight excluding hydrogens is 450 g/mol. The Morgan fingerprint density at radius 3 is 2.39 bits per heavy atom. The zero-order valence-corrected chi connectivity index (χ0v) is 18.3. The smallest absolute Gasteiger partial charge is 0.256 e. The van der Waals surface area contributed by atoms with Crippen molar-refractivity contribution in [3.8, 4) is 11.3 Å². The molecule has 0 saturated carbocycles. The number of nitrogens with zero attached hydrogens (tertiary/aromatic N) is 3. The number of carbonyl (C=O) groups is 2. The zero-order chi connectivity index (χ0) is 23.7. The third-order valence-corrected chi connectivity index (χ3v) is 5.46. The van der Waals surface area contributed by atoms with Crippen molar-refractivity contribution in [2.75, 3.05) is 5.32 Å². The quantitative estimate of drug-likeness (QED) is 0.410. The molecule has 1 amide bonds. The van der Waals surface area contributed by atoms with Crippen molar-refractivity contribution in [1.82, 2.24) is 14.8 Å². The van der Waals surface area contributed by atoms with E-state index < -0.39 is 23.3 Å². The highest BCUT2D eigenvalue weighted by Crippen LogP contribution is 2.30. The van der Waals surface area contributed by atoms with Crippen LogP contribution >= 0.6 is 11.6 Å². The van der Waals surface area contributed by atoms with Crippen molar-refractivity contribution < 1.29 is 18.4 Å². The molecule has 0 aliphatic heterocycles. The molecule has 0 bridgehead atoms. The highest BCUT2D eigenvalue weighted by molar-refractivity contribution is 6.35.